The molecule has 0 radical (unpaired) electrons. The monoisotopic (exact) mass is 295 g/mol. The maximum Gasteiger partial charge on any atom is 0.128 e. The maximum absolute atomic E-state index is 5.01. The molecule has 2 heterocycles. The molecular formula is C15H25N3OS. The van der Waals surface area contributed by atoms with E-state index in [0.29, 0.717) is 0 Å². The Morgan fingerprint density at radius 2 is 2.40 bits per heavy atom. The molecule has 0 saturated carbocycles. The van der Waals surface area contributed by atoms with E-state index in [9.17, 15) is 0 Å². The Kier molecular flexibility index (Phi) is 6.63. The summed E-state index contributed by atoms with van der Waals surface area (Å²) in [6, 6.07) is 4.32. The standard InChI is InChI=1S/C15H25N3OS/c1-3-14-12-18(7-9-20-14)15-5-4-13(11-17-15)10-16-6-8-19-2/h4-5,11,14,16H,3,6-10,12H2,1-2H3. The van der Waals surface area contributed by atoms with Crippen LogP contribution in [0.1, 0.15) is 18.9 Å². The van der Waals surface area contributed by atoms with Crippen LogP contribution in [-0.2, 0) is 11.3 Å². The fourth-order valence-electron chi connectivity index (χ4n) is 2.29. The van der Waals surface area contributed by atoms with Gasteiger partial charge >= 0.3 is 0 Å². The highest BCUT2D eigenvalue weighted by atomic mass is 32.2. The molecule has 1 atom stereocenters. The summed E-state index contributed by atoms with van der Waals surface area (Å²) >= 11 is 2.09. The summed E-state index contributed by atoms with van der Waals surface area (Å²) in [7, 11) is 1.72. The molecule has 4 nitrogen and oxygen atoms in total. The van der Waals surface area contributed by atoms with Gasteiger partial charge in [-0.15, -0.1) is 0 Å². The van der Waals surface area contributed by atoms with E-state index in [-0.39, 0.29) is 0 Å². The molecule has 1 saturated heterocycles. The minimum absolute atomic E-state index is 0.745. The molecule has 1 aromatic rings. The van der Waals surface area contributed by atoms with E-state index >= 15 is 0 Å². The van der Waals surface area contributed by atoms with Crippen LogP contribution >= 0.6 is 11.8 Å². The molecule has 0 aliphatic carbocycles. The zero-order valence-electron chi connectivity index (χ0n) is 12.5. The molecular weight excluding hydrogens is 270 g/mol. The third kappa shape index (κ3) is 4.65. The van der Waals surface area contributed by atoms with Gasteiger partial charge in [0.25, 0.3) is 0 Å². The first-order valence-electron chi connectivity index (χ1n) is 7.34. The minimum Gasteiger partial charge on any atom is -0.383 e. The van der Waals surface area contributed by atoms with Crippen LogP contribution in [0, 0.1) is 0 Å². The van der Waals surface area contributed by atoms with Gasteiger partial charge < -0.3 is 15.0 Å². The van der Waals surface area contributed by atoms with Gasteiger partial charge in [0, 0.05) is 50.5 Å². The van der Waals surface area contributed by atoms with Crippen LogP contribution < -0.4 is 10.2 Å². The number of aromatic nitrogens is 1. The highest BCUT2D eigenvalue weighted by Gasteiger charge is 2.19. The fourth-order valence-corrected chi connectivity index (χ4v) is 3.47. The number of thioether (sulfide) groups is 1. The third-order valence-corrected chi connectivity index (χ3v) is 4.91. The van der Waals surface area contributed by atoms with Gasteiger partial charge in [0.1, 0.15) is 5.82 Å². The predicted molar refractivity (Wildman–Crippen MR) is 86.6 cm³/mol. The fraction of sp³-hybridized carbons (Fsp3) is 0.667. The van der Waals surface area contributed by atoms with Crippen LogP contribution in [0.15, 0.2) is 18.3 Å². The lowest BCUT2D eigenvalue weighted by Crippen LogP contribution is -2.38. The number of pyridine rings is 1. The van der Waals surface area contributed by atoms with E-state index < -0.39 is 0 Å². The Balaban J connectivity index is 1.84. The zero-order chi connectivity index (χ0) is 14.2. The molecule has 1 aromatic heterocycles. The van der Waals surface area contributed by atoms with E-state index in [0.717, 1.165) is 43.9 Å². The van der Waals surface area contributed by atoms with Gasteiger partial charge in [0.05, 0.1) is 6.61 Å². The van der Waals surface area contributed by atoms with Crippen LogP contribution in [0.4, 0.5) is 5.82 Å². The summed E-state index contributed by atoms with van der Waals surface area (Å²) < 4.78 is 5.01. The van der Waals surface area contributed by atoms with Gasteiger partial charge in [-0.2, -0.15) is 11.8 Å². The number of rotatable bonds is 7. The van der Waals surface area contributed by atoms with Crippen molar-refractivity contribution >= 4 is 17.6 Å². The summed E-state index contributed by atoms with van der Waals surface area (Å²) in [5.74, 6) is 2.32. The van der Waals surface area contributed by atoms with Gasteiger partial charge in [-0.3, -0.25) is 0 Å². The van der Waals surface area contributed by atoms with Crippen molar-refractivity contribution in [3.8, 4) is 0 Å². The number of methoxy groups -OCH3 is 1. The Bertz CT molecular complexity index is 385. The lowest BCUT2D eigenvalue weighted by atomic mass is 10.2. The number of nitrogens with one attached hydrogen (secondary N) is 1. The lowest BCUT2D eigenvalue weighted by molar-refractivity contribution is 0.199. The quantitative estimate of drug-likeness (QED) is 0.780. The third-order valence-electron chi connectivity index (χ3n) is 3.54. The van der Waals surface area contributed by atoms with Gasteiger partial charge in [-0.25, -0.2) is 4.98 Å². The van der Waals surface area contributed by atoms with Crippen molar-refractivity contribution in [3.05, 3.63) is 23.9 Å². The van der Waals surface area contributed by atoms with Crippen molar-refractivity contribution in [1.82, 2.24) is 10.3 Å². The number of anilines is 1. The first kappa shape index (κ1) is 15.6. The van der Waals surface area contributed by atoms with Crippen LogP contribution in [0.3, 0.4) is 0 Å². The molecule has 1 N–H and O–H groups in total. The average Bonchev–Trinajstić information content (AvgIpc) is 2.52. The summed E-state index contributed by atoms with van der Waals surface area (Å²) in [5.41, 5.74) is 1.23. The molecule has 0 amide bonds. The Hall–Kier alpha value is -0.780. The maximum atomic E-state index is 5.01. The topological polar surface area (TPSA) is 37.4 Å². The molecule has 0 bridgehead atoms. The van der Waals surface area contributed by atoms with Crippen LogP contribution in [-0.4, -0.2) is 49.3 Å². The van der Waals surface area contributed by atoms with Crippen LogP contribution in [0.2, 0.25) is 0 Å². The molecule has 20 heavy (non-hydrogen) atoms. The highest BCUT2D eigenvalue weighted by molar-refractivity contribution is 8.00. The van der Waals surface area contributed by atoms with E-state index in [4.69, 9.17) is 4.74 Å². The first-order valence-corrected chi connectivity index (χ1v) is 8.39. The van der Waals surface area contributed by atoms with Crippen molar-refractivity contribution in [3.63, 3.8) is 0 Å². The zero-order valence-corrected chi connectivity index (χ0v) is 13.3. The summed E-state index contributed by atoms with van der Waals surface area (Å²) in [6.45, 7) is 6.97. The minimum atomic E-state index is 0.745. The smallest absolute Gasteiger partial charge is 0.128 e. The van der Waals surface area contributed by atoms with Crippen LogP contribution in [0.5, 0.6) is 0 Å². The number of ether oxygens (including phenoxy) is 1. The number of hydrogen-bond donors (Lipinski definition) is 1. The molecule has 0 spiro atoms. The van der Waals surface area contributed by atoms with Crippen molar-refractivity contribution < 1.29 is 4.74 Å². The highest BCUT2D eigenvalue weighted by Crippen LogP contribution is 2.24. The van der Waals surface area contributed by atoms with Crippen molar-refractivity contribution in [1.29, 1.82) is 0 Å². The van der Waals surface area contributed by atoms with E-state index in [2.05, 4.69) is 46.0 Å². The van der Waals surface area contributed by atoms with Gasteiger partial charge in [-0.05, 0) is 18.1 Å². The SMILES string of the molecule is CCC1CN(c2ccc(CNCCOC)cn2)CCS1. The van der Waals surface area contributed by atoms with Crippen LogP contribution in [0.25, 0.3) is 0 Å². The molecule has 1 aliphatic heterocycles. The molecule has 0 aromatic carbocycles. The first-order chi connectivity index (χ1) is 9.83. The van der Waals surface area contributed by atoms with Crippen molar-refractivity contribution in [2.75, 3.05) is 44.0 Å². The Labute approximate surface area is 126 Å². The van der Waals surface area contributed by atoms with E-state index in [1.54, 1.807) is 7.11 Å². The van der Waals surface area contributed by atoms with Gasteiger partial charge in [-0.1, -0.05) is 13.0 Å². The summed E-state index contributed by atoms with van der Waals surface area (Å²) in [6.07, 6.45) is 3.22. The Morgan fingerprint density at radius 1 is 1.50 bits per heavy atom. The van der Waals surface area contributed by atoms with E-state index in [1.807, 2.05) is 6.20 Å². The van der Waals surface area contributed by atoms with Crippen molar-refractivity contribution in [2.45, 2.75) is 25.1 Å². The van der Waals surface area contributed by atoms with Gasteiger partial charge in [0.15, 0.2) is 0 Å². The predicted octanol–water partition coefficient (Wildman–Crippen LogP) is 2.15. The average molecular weight is 295 g/mol. The largest absolute Gasteiger partial charge is 0.383 e. The molecule has 1 fully saturated rings. The van der Waals surface area contributed by atoms with Crippen molar-refractivity contribution in [2.24, 2.45) is 0 Å². The summed E-state index contributed by atoms with van der Waals surface area (Å²) in [4.78, 5) is 7.02. The van der Waals surface area contributed by atoms with Gasteiger partial charge in [0.2, 0.25) is 0 Å². The second kappa shape index (κ2) is 8.49. The lowest BCUT2D eigenvalue weighted by Gasteiger charge is -2.32. The molecule has 2 rings (SSSR count). The second-order valence-electron chi connectivity index (χ2n) is 5.04. The van der Waals surface area contributed by atoms with E-state index in [1.165, 1.54) is 17.7 Å². The Morgan fingerprint density at radius 3 is 3.10 bits per heavy atom. The normalized spacial score (nSPS) is 19.3. The molecule has 5 heteroatoms. The molecule has 1 aliphatic rings. The second-order valence-corrected chi connectivity index (χ2v) is 6.45. The molecule has 112 valence electrons. The summed E-state index contributed by atoms with van der Waals surface area (Å²) in [5, 5.41) is 4.09. The number of hydrogen-bond acceptors (Lipinski definition) is 5. The number of nitrogens with zero attached hydrogens (tertiary/aromatic N) is 2. The molecule has 1 unspecified atom stereocenters.